The van der Waals surface area contributed by atoms with Gasteiger partial charge in [0.25, 0.3) is 5.91 Å². The van der Waals surface area contributed by atoms with Crippen LogP contribution in [0.15, 0.2) is 64.0 Å². The number of rotatable bonds is 5. The van der Waals surface area contributed by atoms with E-state index in [0.717, 1.165) is 27.1 Å². The number of sulfone groups is 1. The van der Waals surface area contributed by atoms with E-state index in [0.29, 0.717) is 12.1 Å². The maximum Gasteiger partial charge on any atom is 0.253 e. The molecule has 0 bridgehead atoms. The zero-order chi connectivity index (χ0) is 20.5. The number of hydrogen-bond donors (Lipinski definition) is 1. The van der Waals surface area contributed by atoms with Crippen LogP contribution in [0.5, 0.6) is 0 Å². The van der Waals surface area contributed by atoms with Crippen LogP contribution in [0.4, 0.5) is 0 Å². The van der Waals surface area contributed by atoms with Crippen LogP contribution >= 0.6 is 15.9 Å². The monoisotopic (exact) mass is 460 g/mol. The van der Waals surface area contributed by atoms with Crippen LogP contribution in [-0.2, 0) is 16.4 Å². The van der Waals surface area contributed by atoms with Gasteiger partial charge in [0.15, 0.2) is 9.84 Å². The highest BCUT2D eigenvalue weighted by atomic mass is 79.9. The molecule has 0 saturated carbocycles. The minimum atomic E-state index is -3.22. The first kappa shape index (κ1) is 20.4. The molecule has 0 aliphatic heterocycles. The minimum absolute atomic E-state index is 0.163. The molecule has 0 unspecified atom stereocenters. The van der Waals surface area contributed by atoms with Gasteiger partial charge in [-0.3, -0.25) is 4.79 Å². The van der Waals surface area contributed by atoms with Crippen LogP contribution in [0.2, 0.25) is 0 Å². The average Bonchev–Trinajstić information content (AvgIpc) is 2.94. The molecule has 1 N–H and O–H groups in total. The number of aromatic nitrogens is 1. The van der Waals surface area contributed by atoms with Crippen LogP contribution < -0.4 is 5.32 Å². The Morgan fingerprint density at radius 3 is 2.21 bits per heavy atom. The molecule has 7 heteroatoms. The molecule has 1 amide bonds. The standard InChI is InChI=1S/C21H21BrN2O3S/c1-14-12-20(15(2)24(14)18-8-6-17(22)7-9-18)21(25)23-13-16-4-10-19(11-5-16)28(3,26)27/h4-12H,13H2,1-3H3,(H,23,25). The van der Waals surface area contributed by atoms with Gasteiger partial charge >= 0.3 is 0 Å². The number of carbonyl (C=O) groups is 1. The molecule has 0 saturated heterocycles. The third-order valence-electron chi connectivity index (χ3n) is 4.57. The third-order valence-corrected chi connectivity index (χ3v) is 6.22. The summed E-state index contributed by atoms with van der Waals surface area (Å²) in [5.74, 6) is -0.163. The van der Waals surface area contributed by atoms with Crippen LogP contribution in [0, 0.1) is 13.8 Å². The molecule has 5 nitrogen and oxygen atoms in total. The summed E-state index contributed by atoms with van der Waals surface area (Å²) in [7, 11) is -3.22. The molecule has 0 fully saturated rings. The second-order valence-corrected chi connectivity index (χ2v) is 9.63. The lowest BCUT2D eigenvalue weighted by Crippen LogP contribution is -2.23. The Morgan fingerprint density at radius 2 is 1.64 bits per heavy atom. The predicted molar refractivity (Wildman–Crippen MR) is 114 cm³/mol. The molecule has 0 aliphatic rings. The molecule has 1 aromatic heterocycles. The van der Waals surface area contributed by atoms with Crippen molar-refractivity contribution in [3.8, 4) is 5.69 Å². The smallest absolute Gasteiger partial charge is 0.253 e. The summed E-state index contributed by atoms with van der Waals surface area (Å²) in [6.07, 6.45) is 1.17. The first-order valence-corrected chi connectivity index (χ1v) is 11.4. The highest BCUT2D eigenvalue weighted by Crippen LogP contribution is 2.22. The van der Waals surface area contributed by atoms with E-state index in [-0.39, 0.29) is 10.8 Å². The Balaban J connectivity index is 1.76. The van der Waals surface area contributed by atoms with Gasteiger partial charge in [-0.15, -0.1) is 0 Å². The van der Waals surface area contributed by atoms with Gasteiger partial charge < -0.3 is 9.88 Å². The Kier molecular flexibility index (Phi) is 5.76. The zero-order valence-electron chi connectivity index (χ0n) is 15.9. The van der Waals surface area contributed by atoms with Crippen molar-refractivity contribution < 1.29 is 13.2 Å². The number of nitrogens with zero attached hydrogens (tertiary/aromatic N) is 1. The predicted octanol–water partition coefficient (Wildman–Crippen LogP) is 4.19. The lowest BCUT2D eigenvalue weighted by atomic mass is 10.2. The molecule has 146 valence electrons. The second-order valence-electron chi connectivity index (χ2n) is 6.70. The Morgan fingerprint density at radius 1 is 1.04 bits per heavy atom. The fraction of sp³-hybridized carbons (Fsp3) is 0.190. The summed E-state index contributed by atoms with van der Waals surface area (Å²) >= 11 is 3.43. The molecule has 28 heavy (non-hydrogen) atoms. The minimum Gasteiger partial charge on any atom is -0.348 e. The molecule has 3 aromatic rings. The second kappa shape index (κ2) is 7.93. The van der Waals surface area contributed by atoms with E-state index in [1.54, 1.807) is 24.3 Å². The van der Waals surface area contributed by atoms with Gasteiger partial charge in [0.05, 0.1) is 10.5 Å². The first-order chi connectivity index (χ1) is 13.2. The van der Waals surface area contributed by atoms with Crippen molar-refractivity contribution in [2.45, 2.75) is 25.3 Å². The fourth-order valence-corrected chi connectivity index (χ4v) is 4.01. The topological polar surface area (TPSA) is 68.2 Å². The van der Waals surface area contributed by atoms with Crippen molar-refractivity contribution in [2.75, 3.05) is 6.26 Å². The number of nitrogens with one attached hydrogen (secondary N) is 1. The summed E-state index contributed by atoms with van der Waals surface area (Å²) in [4.78, 5) is 13.0. The number of hydrogen-bond acceptors (Lipinski definition) is 3. The Bertz CT molecular complexity index is 1120. The largest absolute Gasteiger partial charge is 0.348 e. The summed E-state index contributed by atoms with van der Waals surface area (Å²) in [5.41, 5.74) is 4.29. The number of benzene rings is 2. The van der Waals surface area contributed by atoms with Gasteiger partial charge in [0.1, 0.15) is 0 Å². The number of carbonyl (C=O) groups excluding carboxylic acids is 1. The SMILES string of the molecule is Cc1cc(C(=O)NCc2ccc(S(C)(=O)=O)cc2)c(C)n1-c1ccc(Br)cc1. The normalized spacial score (nSPS) is 11.4. The van der Waals surface area contributed by atoms with Crippen molar-refractivity contribution in [3.05, 3.63) is 81.6 Å². The molecule has 1 heterocycles. The van der Waals surface area contributed by atoms with E-state index in [1.807, 2.05) is 48.7 Å². The van der Waals surface area contributed by atoms with Crippen molar-refractivity contribution >= 4 is 31.7 Å². The summed E-state index contributed by atoms with van der Waals surface area (Å²) in [5, 5.41) is 2.91. The first-order valence-electron chi connectivity index (χ1n) is 8.69. The van der Waals surface area contributed by atoms with E-state index in [2.05, 4.69) is 21.2 Å². The average molecular weight is 461 g/mol. The van der Waals surface area contributed by atoms with Gasteiger partial charge in [-0.2, -0.15) is 0 Å². The van der Waals surface area contributed by atoms with E-state index in [1.165, 1.54) is 6.26 Å². The van der Waals surface area contributed by atoms with Gasteiger partial charge in [-0.05, 0) is 61.9 Å². The van der Waals surface area contributed by atoms with E-state index < -0.39 is 9.84 Å². The molecule has 0 atom stereocenters. The van der Waals surface area contributed by atoms with E-state index in [9.17, 15) is 13.2 Å². The quantitative estimate of drug-likeness (QED) is 0.620. The number of amides is 1. The van der Waals surface area contributed by atoms with E-state index >= 15 is 0 Å². The van der Waals surface area contributed by atoms with Crippen LogP contribution in [0.25, 0.3) is 5.69 Å². The van der Waals surface area contributed by atoms with Gasteiger partial charge in [0.2, 0.25) is 0 Å². The highest BCUT2D eigenvalue weighted by Gasteiger charge is 2.16. The summed E-state index contributed by atoms with van der Waals surface area (Å²) in [6.45, 7) is 4.21. The van der Waals surface area contributed by atoms with Crippen LogP contribution in [-0.4, -0.2) is 25.1 Å². The Hall–Kier alpha value is -2.38. The van der Waals surface area contributed by atoms with Crippen molar-refractivity contribution in [3.63, 3.8) is 0 Å². The molecular formula is C21H21BrN2O3S. The van der Waals surface area contributed by atoms with Gasteiger partial charge in [0, 0.05) is 34.3 Å². The van der Waals surface area contributed by atoms with Crippen molar-refractivity contribution in [1.29, 1.82) is 0 Å². The van der Waals surface area contributed by atoms with Crippen LogP contribution in [0.1, 0.15) is 27.3 Å². The van der Waals surface area contributed by atoms with Gasteiger partial charge in [-0.1, -0.05) is 28.1 Å². The van der Waals surface area contributed by atoms with Gasteiger partial charge in [-0.25, -0.2) is 8.42 Å². The highest BCUT2D eigenvalue weighted by molar-refractivity contribution is 9.10. The lowest BCUT2D eigenvalue weighted by Gasteiger charge is -2.10. The van der Waals surface area contributed by atoms with Crippen molar-refractivity contribution in [2.24, 2.45) is 0 Å². The summed E-state index contributed by atoms with van der Waals surface area (Å²) in [6, 6.07) is 16.3. The lowest BCUT2D eigenvalue weighted by molar-refractivity contribution is 0.0950. The number of aryl methyl sites for hydroxylation is 1. The molecular weight excluding hydrogens is 440 g/mol. The Labute approximate surface area is 173 Å². The zero-order valence-corrected chi connectivity index (χ0v) is 18.3. The van der Waals surface area contributed by atoms with E-state index in [4.69, 9.17) is 0 Å². The summed E-state index contributed by atoms with van der Waals surface area (Å²) < 4.78 is 26.1. The van der Waals surface area contributed by atoms with Crippen molar-refractivity contribution in [1.82, 2.24) is 9.88 Å². The maximum absolute atomic E-state index is 12.7. The number of halogens is 1. The molecule has 2 aromatic carbocycles. The maximum atomic E-state index is 12.7. The third kappa shape index (κ3) is 4.36. The fourth-order valence-electron chi connectivity index (χ4n) is 3.11. The molecule has 0 spiro atoms. The van der Waals surface area contributed by atoms with Crippen LogP contribution in [0.3, 0.4) is 0 Å². The molecule has 0 aliphatic carbocycles. The molecule has 3 rings (SSSR count). The molecule has 0 radical (unpaired) electrons.